The first-order chi connectivity index (χ1) is 10.2. The van der Waals surface area contributed by atoms with Gasteiger partial charge < -0.3 is 14.8 Å². The van der Waals surface area contributed by atoms with Crippen molar-refractivity contribution in [1.29, 1.82) is 0 Å². The Kier molecular flexibility index (Phi) is 5.64. The number of hydrogen-bond acceptors (Lipinski definition) is 3. The van der Waals surface area contributed by atoms with Crippen molar-refractivity contribution < 1.29 is 9.47 Å². The normalized spacial score (nSPS) is 10.4. The lowest BCUT2D eigenvalue weighted by atomic mass is 10.1. The molecule has 0 spiro atoms. The first kappa shape index (κ1) is 15.4. The number of methoxy groups -OCH3 is 1. The fourth-order valence-electron chi connectivity index (χ4n) is 2.25. The highest BCUT2D eigenvalue weighted by Gasteiger charge is 2.05. The Labute approximate surface area is 126 Å². The van der Waals surface area contributed by atoms with E-state index in [1.54, 1.807) is 7.11 Å². The molecule has 0 bridgehead atoms. The van der Waals surface area contributed by atoms with E-state index in [-0.39, 0.29) is 0 Å². The SMILES string of the molecule is CCOc1ccc(CNCc2ccccc2C)cc1OC. The average Bonchev–Trinajstić information content (AvgIpc) is 2.51. The molecule has 0 fully saturated rings. The molecule has 0 aromatic heterocycles. The zero-order chi connectivity index (χ0) is 15.1. The number of ether oxygens (including phenoxy) is 2. The van der Waals surface area contributed by atoms with Gasteiger partial charge in [-0.05, 0) is 42.7 Å². The summed E-state index contributed by atoms with van der Waals surface area (Å²) in [5.41, 5.74) is 3.83. The van der Waals surface area contributed by atoms with Crippen LogP contribution in [0.15, 0.2) is 42.5 Å². The standard InChI is InChI=1S/C18H23NO2/c1-4-21-17-10-9-15(11-18(17)20-3)12-19-13-16-8-6-5-7-14(16)2/h5-11,19H,4,12-13H2,1-3H3. The molecular formula is C18H23NO2. The molecule has 2 aromatic rings. The Morgan fingerprint density at radius 2 is 1.81 bits per heavy atom. The molecule has 112 valence electrons. The molecule has 2 aromatic carbocycles. The van der Waals surface area contributed by atoms with Crippen LogP contribution in [0, 0.1) is 6.92 Å². The Bertz CT molecular complexity index is 581. The lowest BCUT2D eigenvalue weighted by molar-refractivity contribution is 0.310. The minimum atomic E-state index is 0.640. The van der Waals surface area contributed by atoms with E-state index >= 15 is 0 Å². The van der Waals surface area contributed by atoms with Crippen LogP contribution in [0.2, 0.25) is 0 Å². The molecule has 2 rings (SSSR count). The Balaban J connectivity index is 1.96. The third kappa shape index (κ3) is 4.23. The first-order valence-corrected chi connectivity index (χ1v) is 7.29. The van der Waals surface area contributed by atoms with Gasteiger partial charge in [0.15, 0.2) is 11.5 Å². The molecule has 1 N–H and O–H groups in total. The van der Waals surface area contributed by atoms with Gasteiger partial charge in [-0.3, -0.25) is 0 Å². The molecule has 3 nitrogen and oxygen atoms in total. The van der Waals surface area contributed by atoms with Crippen LogP contribution in [0.5, 0.6) is 11.5 Å². The van der Waals surface area contributed by atoms with E-state index in [1.165, 1.54) is 16.7 Å². The van der Waals surface area contributed by atoms with Crippen LogP contribution in [0.3, 0.4) is 0 Å². The predicted octanol–water partition coefficient (Wildman–Crippen LogP) is 3.69. The highest BCUT2D eigenvalue weighted by Crippen LogP contribution is 2.27. The van der Waals surface area contributed by atoms with Gasteiger partial charge in [0, 0.05) is 13.1 Å². The summed E-state index contributed by atoms with van der Waals surface area (Å²) >= 11 is 0. The summed E-state index contributed by atoms with van der Waals surface area (Å²) in [6, 6.07) is 14.5. The van der Waals surface area contributed by atoms with Gasteiger partial charge in [-0.25, -0.2) is 0 Å². The van der Waals surface area contributed by atoms with Gasteiger partial charge in [0.1, 0.15) is 0 Å². The molecule has 0 unspecified atom stereocenters. The summed E-state index contributed by atoms with van der Waals surface area (Å²) in [6.07, 6.45) is 0. The molecule has 0 saturated heterocycles. The van der Waals surface area contributed by atoms with E-state index in [0.29, 0.717) is 6.61 Å². The van der Waals surface area contributed by atoms with E-state index < -0.39 is 0 Å². The summed E-state index contributed by atoms with van der Waals surface area (Å²) in [5, 5.41) is 3.47. The summed E-state index contributed by atoms with van der Waals surface area (Å²) in [4.78, 5) is 0. The van der Waals surface area contributed by atoms with Gasteiger partial charge in [-0.1, -0.05) is 30.3 Å². The van der Waals surface area contributed by atoms with Gasteiger partial charge in [0.2, 0.25) is 0 Å². The van der Waals surface area contributed by atoms with Crippen LogP contribution in [-0.4, -0.2) is 13.7 Å². The molecule has 0 heterocycles. The zero-order valence-corrected chi connectivity index (χ0v) is 13.0. The van der Waals surface area contributed by atoms with Crippen LogP contribution in [-0.2, 0) is 13.1 Å². The fraction of sp³-hybridized carbons (Fsp3) is 0.333. The highest BCUT2D eigenvalue weighted by molar-refractivity contribution is 5.43. The van der Waals surface area contributed by atoms with Crippen molar-refractivity contribution in [3.05, 3.63) is 59.2 Å². The van der Waals surface area contributed by atoms with Crippen LogP contribution in [0.4, 0.5) is 0 Å². The molecule has 0 radical (unpaired) electrons. The van der Waals surface area contributed by atoms with E-state index in [4.69, 9.17) is 9.47 Å². The van der Waals surface area contributed by atoms with E-state index in [1.807, 2.05) is 19.1 Å². The van der Waals surface area contributed by atoms with Crippen LogP contribution in [0.25, 0.3) is 0 Å². The largest absolute Gasteiger partial charge is 0.493 e. The maximum absolute atomic E-state index is 5.53. The summed E-state index contributed by atoms with van der Waals surface area (Å²) in [6.45, 7) is 6.41. The molecule has 0 amide bonds. The lowest BCUT2D eigenvalue weighted by Gasteiger charge is -2.12. The molecule has 0 atom stereocenters. The highest BCUT2D eigenvalue weighted by atomic mass is 16.5. The van der Waals surface area contributed by atoms with E-state index in [0.717, 1.165) is 24.6 Å². The van der Waals surface area contributed by atoms with Crippen molar-refractivity contribution >= 4 is 0 Å². The number of benzene rings is 2. The van der Waals surface area contributed by atoms with Crippen molar-refractivity contribution in [2.45, 2.75) is 26.9 Å². The van der Waals surface area contributed by atoms with Crippen molar-refractivity contribution in [2.24, 2.45) is 0 Å². The second kappa shape index (κ2) is 7.70. The second-order valence-electron chi connectivity index (χ2n) is 4.95. The molecule has 21 heavy (non-hydrogen) atoms. The third-order valence-electron chi connectivity index (χ3n) is 3.43. The molecule has 0 saturated carbocycles. The summed E-state index contributed by atoms with van der Waals surface area (Å²) in [5.74, 6) is 1.58. The fourth-order valence-corrected chi connectivity index (χ4v) is 2.25. The van der Waals surface area contributed by atoms with Gasteiger partial charge in [-0.2, -0.15) is 0 Å². The summed E-state index contributed by atoms with van der Waals surface area (Å²) < 4.78 is 10.9. The molecule has 3 heteroatoms. The molecule has 0 aliphatic rings. The van der Waals surface area contributed by atoms with Gasteiger partial charge in [0.25, 0.3) is 0 Å². The molecule has 0 aliphatic heterocycles. The van der Waals surface area contributed by atoms with Gasteiger partial charge in [-0.15, -0.1) is 0 Å². The number of aryl methyl sites for hydroxylation is 1. The topological polar surface area (TPSA) is 30.5 Å². The second-order valence-corrected chi connectivity index (χ2v) is 4.95. The number of hydrogen-bond donors (Lipinski definition) is 1. The minimum Gasteiger partial charge on any atom is -0.493 e. The predicted molar refractivity (Wildman–Crippen MR) is 85.9 cm³/mol. The maximum Gasteiger partial charge on any atom is 0.161 e. The van der Waals surface area contributed by atoms with Crippen LogP contribution in [0.1, 0.15) is 23.6 Å². The van der Waals surface area contributed by atoms with Crippen LogP contribution < -0.4 is 14.8 Å². The van der Waals surface area contributed by atoms with Crippen molar-refractivity contribution in [1.82, 2.24) is 5.32 Å². The number of nitrogens with one attached hydrogen (secondary N) is 1. The maximum atomic E-state index is 5.53. The quantitative estimate of drug-likeness (QED) is 0.841. The van der Waals surface area contributed by atoms with E-state index in [2.05, 4.69) is 42.6 Å². The van der Waals surface area contributed by atoms with Crippen molar-refractivity contribution in [3.63, 3.8) is 0 Å². The van der Waals surface area contributed by atoms with Crippen molar-refractivity contribution in [2.75, 3.05) is 13.7 Å². The Morgan fingerprint density at radius 1 is 1.00 bits per heavy atom. The smallest absolute Gasteiger partial charge is 0.161 e. The first-order valence-electron chi connectivity index (χ1n) is 7.29. The zero-order valence-electron chi connectivity index (χ0n) is 13.0. The Hall–Kier alpha value is -2.00. The lowest BCUT2D eigenvalue weighted by Crippen LogP contribution is -2.13. The van der Waals surface area contributed by atoms with E-state index in [9.17, 15) is 0 Å². The monoisotopic (exact) mass is 285 g/mol. The summed E-state index contributed by atoms with van der Waals surface area (Å²) in [7, 11) is 1.67. The van der Waals surface area contributed by atoms with Crippen LogP contribution >= 0.6 is 0 Å². The molecule has 0 aliphatic carbocycles. The Morgan fingerprint density at radius 3 is 2.52 bits per heavy atom. The third-order valence-corrected chi connectivity index (χ3v) is 3.43. The van der Waals surface area contributed by atoms with Gasteiger partial charge >= 0.3 is 0 Å². The molecular weight excluding hydrogens is 262 g/mol. The van der Waals surface area contributed by atoms with Crippen molar-refractivity contribution in [3.8, 4) is 11.5 Å². The number of rotatable bonds is 7. The average molecular weight is 285 g/mol. The van der Waals surface area contributed by atoms with Gasteiger partial charge in [0.05, 0.1) is 13.7 Å². The minimum absolute atomic E-state index is 0.640.